The molecular weight excluding hydrogens is 354 g/mol. The molecule has 28 heavy (non-hydrogen) atoms. The molecule has 0 radical (unpaired) electrons. The number of carbonyl (C=O) groups excluding carboxylic acids is 2. The first-order chi connectivity index (χ1) is 13.5. The van der Waals surface area contributed by atoms with Crippen molar-refractivity contribution in [3.05, 3.63) is 65.6 Å². The molecule has 0 saturated heterocycles. The number of nitrogens with zero attached hydrogens (tertiary/aromatic N) is 2. The zero-order valence-electron chi connectivity index (χ0n) is 16.2. The summed E-state index contributed by atoms with van der Waals surface area (Å²) in [7, 11) is 3.87. The number of pyridine rings is 1. The molecule has 0 spiro atoms. The van der Waals surface area contributed by atoms with E-state index in [2.05, 4.69) is 26.7 Å². The van der Waals surface area contributed by atoms with Crippen molar-refractivity contribution in [1.29, 1.82) is 0 Å². The Morgan fingerprint density at radius 1 is 1.07 bits per heavy atom. The Hall–Kier alpha value is -3.19. The van der Waals surface area contributed by atoms with E-state index in [1.54, 1.807) is 6.07 Å². The van der Waals surface area contributed by atoms with Gasteiger partial charge < -0.3 is 20.5 Å². The van der Waals surface area contributed by atoms with Gasteiger partial charge in [-0.2, -0.15) is 0 Å². The average molecular weight is 379 g/mol. The van der Waals surface area contributed by atoms with Crippen molar-refractivity contribution in [1.82, 2.24) is 25.5 Å². The number of carbonyl (C=O) groups is 2. The van der Waals surface area contributed by atoms with Gasteiger partial charge in [0.2, 0.25) is 0 Å². The van der Waals surface area contributed by atoms with Gasteiger partial charge in [-0.3, -0.25) is 14.6 Å². The first kappa shape index (κ1) is 19.6. The predicted octanol–water partition coefficient (Wildman–Crippen LogP) is 1.83. The first-order valence-corrected chi connectivity index (χ1v) is 9.27. The first-order valence-electron chi connectivity index (χ1n) is 9.27. The number of benzene rings is 1. The van der Waals surface area contributed by atoms with Crippen LogP contribution in [0.2, 0.25) is 0 Å². The minimum absolute atomic E-state index is 0.218. The summed E-state index contributed by atoms with van der Waals surface area (Å²) < 4.78 is 0. The molecule has 0 fully saturated rings. The van der Waals surface area contributed by atoms with Crippen molar-refractivity contribution >= 4 is 22.7 Å². The smallest absolute Gasteiger partial charge is 0.269 e. The molecule has 2 heterocycles. The van der Waals surface area contributed by atoms with Crippen LogP contribution >= 0.6 is 0 Å². The van der Waals surface area contributed by atoms with Gasteiger partial charge in [-0.25, -0.2) is 0 Å². The molecule has 0 aliphatic heterocycles. The molecular formula is C21H25N5O2. The van der Waals surface area contributed by atoms with Gasteiger partial charge in [0.25, 0.3) is 11.8 Å². The van der Waals surface area contributed by atoms with Crippen LogP contribution in [0.5, 0.6) is 0 Å². The lowest BCUT2D eigenvalue weighted by molar-refractivity contribution is 0.0946. The Bertz CT molecular complexity index is 964. The summed E-state index contributed by atoms with van der Waals surface area (Å²) in [5.74, 6) is -0.500. The number of aromatic nitrogens is 2. The van der Waals surface area contributed by atoms with Gasteiger partial charge >= 0.3 is 0 Å². The van der Waals surface area contributed by atoms with Crippen molar-refractivity contribution in [3.63, 3.8) is 0 Å². The molecule has 3 aromatic rings. The fraction of sp³-hybridized carbons (Fsp3) is 0.286. The average Bonchev–Trinajstić information content (AvgIpc) is 3.11. The molecule has 0 aliphatic carbocycles. The summed E-state index contributed by atoms with van der Waals surface area (Å²) in [4.78, 5) is 33.9. The number of H-pyrrole nitrogens is 1. The van der Waals surface area contributed by atoms with E-state index in [0.717, 1.165) is 29.4 Å². The molecule has 3 N–H and O–H groups in total. The number of likely N-dealkylation sites (N-methyl/N-ethyl adjacent to an activating group) is 1. The Morgan fingerprint density at radius 2 is 1.86 bits per heavy atom. The van der Waals surface area contributed by atoms with Gasteiger partial charge in [0, 0.05) is 48.5 Å². The maximum absolute atomic E-state index is 12.4. The number of amides is 2. The molecule has 2 aromatic heterocycles. The summed E-state index contributed by atoms with van der Waals surface area (Å²) in [6.45, 7) is 1.77. The van der Waals surface area contributed by atoms with Crippen LogP contribution in [0, 0.1) is 0 Å². The number of hydrogen-bond acceptors (Lipinski definition) is 4. The number of nitrogens with one attached hydrogen (secondary N) is 3. The van der Waals surface area contributed by atoms with Crippen LogP contribution < -0.4 is 10.6 Å². The molecule has 7 nitrogen and oxygen atoms in total. The van der Waals surface area contributed by atoms with E-state index in [-0.39, 0.29) is 17.5 Å². The Labute approximate surface area is 164 Å². The largest absolute Gasteiger partial charge is 0.361 e. The minimum atomic E-state index is -0.282. The fourth-order valence-electron chi connectivity index (χ4n) is 2.93. The number of rotatable bonds is 8. The van der Waals surface area contributed by atoms with E-state index in [1.165, 1.54) is 12.3 Å². The van der Waals surface area contributed by atoms with Gasteiger partial charge in [0.1, 0.15) is 5.69 Å². The molecule has 2 amide bonds. The van der Waals surface area contributed by atoms with Crippen LogP contribution in [0.3, 0.4) is 0 Å². The lowest BCUT2D eigenvalue weighted by Gasteiger charge is -2.10. The molecule has 146 valence electrons. The third kappa shape index (κ3) is 4.95. The Balaban J connectivity index is 1.55. The van der Waals surface area contributed by atoms with E-state index < -0.39 is 0 Å². The van der Waals surface area contributed by atoms with Crippen LogP contribution in [-0.4, -0.2) is 60.4 Å². The quantitative estimate of drug-likeness (QED) is 0.557. The Morgan fingerprint density at radius 3 is 2.68 bits per heavy atom. The molecule has 3 rings (SSSR count). The SMILES string of the molecule is CN(C)CCNC(=O)c1cc(C(=O)NCCc2c[nH]c3ccccc23)ccn1. The van der Waals surface area contributed by atoms with E-state index in [4.69, 9.17) is 0 Å². The summed E-state index contributed by atoms with van der Waals surface area (Å²) in [5, 5.41) is 6.87. The minimum Gasteiger partial charge on any atom is -0.361 e. The maximum Gasteiger partial charge on any atom is 0.269 e. The normalized spacial score (nSPS) is 11.0. The van der Waals surface area contributed by atoms with Crippen molar-refractivity contribution in [3.8, 4) is 0 Å². The van der Waals surface area contributed by atoms with Gasteiger partial charge in [-0.15, -0.1) is 0 Å². The summed E-state index contributed by atoms with van der Waals surface area (Å²) >= 11 is 0. The number of hydrogen-bond donors (Lipinski definition) is 3. The molecule has 0 atom stereocenters. The van der Waals surface area contributed by atoms with Crippen LogP contribution in [0.4, 0.5) is 0 Å². The van der Waals surface area contributed by atoms with Gasteiger partial charge in [-0.05, 0) is 44.3 Å². The number of para-hydroxylation sites is 1. The third-order valence-electron chi connectivity index (χ3n) is 4.45. The van der Waals surface area contributed by atoms with Crippen molar-refractivity contribution in [2.75, 3.05) is 33.7 Å². The standard InChI is InChI=1S/C21H25N5O2/c1-26(2)12-11-24-21(28)19-13-15(7-9-22-19)20(27)23-10-8-16-14-25-18-6-4-3-5-17(16)18/h3-7,9,13-14,25H,8,10-12H2,1-2H3,(H,23,27)(H,24,28). The van der Waals surface area contributed by atoms with E-state index in [9.17, 15) is 9.59 Å². The van der Waals surface area contributed by atoms with Crippen LogP contribution in [0.25, 0.3) is 10.9 Å². The summed E-state index contributed by atoms with van der Waals surface area (Å²) in [6.07, 6.45) is 4.17. The van der Waals surface area contributed by atoms with E-state index in [1.807, 2.05) is 43.4 Å². The number of fused-ring (bicyclic) bond motifs is 1. The van der Waals surface area contributed by atoms with E-state index in [0.29, 0.717) is 18.7 Å². The molecule has 7 heteroatoms. The second-order valence-electron chi connectivity index (χ2n) is 6.85. The van der Waals surface area contributed by atoms with E-state index >= 15 is 0 Å². The highest BCUT2D eigenvalue weighted by atomic mass is 16.2. The van der Waals surface area contributed by atoms with Crippen molar-refractivity contribution < 1.29 is 9.59 Å². The predicted molar refractivity (Wildman–Crippen MR) is 109 cm³/mol. The van der Waals surface area contributed by atoms with Gasteiger partial charge in [-0.1, -0.05) is 18.2 Å². The van der Waals surface area contributed by atoms with Crippen molar-refractivity contribution in [2.24, 2.45) is 0 Å². The zero-order valence-corrected chi connectivity index (χ0v) is 16.2. The monoisotopic (exact) mass is 379 g/mol. The Kier molecular flexibility index (Phi) is 6.39. The second kappa shape index (κ2) is 9.14. The second-order valence-corrected chi connectivity index (χ2v) is 6.85. The van der Waals surface area contributed by atoms with Gasteiger partial charge in [0.05, 0.1) is 0 Å². The van der Waals surface area contributed by atoms with Gasteiger partial charge in [0.15, 0.2) is 0 Å². The lowest BCUT2D eigenvalue weighted by atomic mass is 10.1. The van der Waals surface area contributed by atoms with Crippen LogP contribution in [-0.2, 0) is 6.42 Å². The van der Waals surface area contributed by atoms with Crippen LogP contribution in [0.1, 0.15) is 26.4 Å². The fourth-order valence-corrected chi connectivity index (χ4v) is 2.93. The zero-order chi connectivity index (χ0) is 19.9. The lowest BCUT2D eigenvalue weighted by Crippen LogP contribution is -2.32. The summed E-state index contributed by atoms with van der Waals surface area (Å²) in [6, 6.07) is 11.2. The molecule has 1 aromatic carbocycles. The van der Waals surface area contributed by atoms with Crippen molar-refractivity contribution in [2.45, 2.75) is 6.42 Å². The highest BCUT2D eigenvalue weighted by Crippen LogP contribution is 2.17. The highest BCUT2D eigenvalue weighted by Gasteiger charge is 2.12. The van der Waals surface area contributed by atoms with Crippen LogP contribution in [0.15, 0.2) is 48.8 Å². The molecule has 0 saturated carbocycles. The third-order valence-corrected chi connectivity index (χ3v) is 4.45. The highest BCUT2D eigenvalue weighted by molar-refractivity contribution is 5.98. The maximum atomic E-state index is 12.4. The molecule has 0 bridgehead atoms. The molecule has 0 unspecified atom stereocenters. The molecule has 0 aliphatic rings. The topological polar surface area (TPSA) is 90.1 Å². The number of aromatic amines is 1. The summed E-state index contributed by atoms with van der Waals surface area (Å²) in [5.41, 5.74) is 2.91.